The molecule has 2 aromatic rings. The number of halogens is 4. The summed E-state index contributed by atoms with van der Waals surface area (Å²) in [5.74, 6) is -2.41. The summed E-state index contributed by atoms with van der Waals surface area (Å²) >= 11 is 5.74. The number of fused-ring (bicyclic) bond motifs is 1. The van der Waals surface area contributed by atoms with Gasteiger partial charge in [0.1, 0.15) is 6.04 Å². The van der Waals surface area contributed by atoms with Crippen molar-refractivity contribution in [2.75, 3.05) is 0 Å². The van der Waals surface area contributed by atoms with Crippen molar-refractivity contribution >= 4 is 35.2 Å². The molecular weight excluding hydrogens is 463 g/mol. The lowest BCUT2D eigenvalue weighted by Crippen LogP contribution is -2.52. The first-order valence-corrected chi connectivity index (χ1v) is 10.3. The molecule has 2 heterocycles. The van der Waals surface area contributed by atoms with Crippen molar-refractivity contribution in [1.82, 2.24) is 15.5 Å². The van der Waals surface area contributed by atoms with Gasteiger partial charge in [-0.2, -0.15) is 13.2 Å². The molecule has 0 aromatic heterocycles. The van der Waals surface area contributed by atoms with Crippen molar-refractivity contribution in [1.29, 1.82) is 0 Å². The van der Waals surface area contributed by atoms with Crippen LogP contribution in [-0.4, -0.2) is 40.7 Å². The smallest absolute Gasteiger partial charge is 0.337 e. The summed E-state index contributed by atoms with van der Waals surface area (Å²) in [7, 11) is 0. The fraction of sp³-hybridized carbons (Fsp3) is 0.273. The zero-order valence-electron chi connectivity index (χ0n) is 16.9. The minimum Gasteiger partial charge on any atom is -0.337 e. The summed E-state index contributed by atoms with van der Waals surface area (Å²) in [4.78, 5) is 50.2. The van der Waals surface area contributed by atoms with Gasteiger partial charge in [0.15, 0.2) is 6.04 Å². The number of piperidine rings is 1. The van der Waals surface area contributed by atoms with Crippen LogP contribution in [0.5, 0.6) is 0 Å². The van der Waals surface area contributed by atoms with E-state index >= 15 is 0 Å². The van der Waals surface area contributed by atoms with Gasteiger partial charge in [0.05, 0.1) is 0 Å². The first-order chi connectivity index (χ1) is 15.5. The predicted octanol–water partition coefficient (Wildman–Crippen LogP) is 3.13. The van der Waals surface area contributed by atoms with Crippen molar-refractivity contribution < 1.29 is 32.3 Å². The maximum Gasteiger partial charge on any atom is 0.412 e. The second kappa shape index (κ2) is 8.51. The van der Waals surface area contributed by atoms with Crippen molar-refractivity contribution in [3.8, 4) is 0 Å². The molecule has 11 heteroatoms. The van der Waals surface area contributed by atoms with Crippen molar-refractivity contribution in [2.24, 2.45) is 0 Å². The molecule has 33 heavy (non-hydrogen) atoms. The number of rotatable bonds is 4. The van der Waals surface area contributed by atoms with Crippen LogP contribution in [0, 0.1) is 0 Å². The highest BCUT2D eigenvalue weighted by molar-refractivity contribution is 6.30. The highest BCUT2D eigenvalue weighted by atomic mass is 35.5. The Morgan fingerprint density at radius 1 is 1.12 bits per heavy atom. The first kappa shape index (κ1) is 22.8. The Hall–Kier alpha value is -3.40. The second-order valence-electron chi connectivity index (χ2n) is 7.77. The van der Waals surface area contributed by atoms with E-state index in [0.717, 1.165) is 0 Å². The molecule has 2 aromatic carbocycles. The summed E-state index contributed by atoms with van der Waals surface area (Å²) in [5, 5.41) is 4.44. The van der Waals surface area contributed by atoms with Gasteiger partial charge in [-0.25, -0.2) is 0 Å². The Labute approximate surface area is 190 Å². The molecule has 0 aliphatic carbocycles. The SMILES string of the molecule is O=C1CCC(N2Cc3cc(C(=O)N[C@H](c4ccc(Cl)cc4)C(F)(F)F)ccc3C2=O)C(=O)N1. The fourth-order valence-corrected chi connectivity index (χ4v) is 4.07. The number of amides is 4. The molecule has 172 valence electrons. The minimum atomic E-state index is -4.75. The highest BCUT2D eigenvalue weighted by Gasteiger charge is 2.43. The molecule has 0 saturated carbocycles. The number of carbonyl (C=O) groups excluding carboxylic acids is 4. The van der Waals surface area contributed by atoms with Crippen molar-refractivity contribution in [3.05, 3.63) is 69.7 Å². The summed E-state index contributed by atoms with van der Waals surface area (Å²) in [5.41, 5.74) is 0.421. The Kier molecular flexibility index (Phi) is 5.87. The number of carbonyl (C=O) groups is 4. The monoisotopic (exact) mass is 479 g/mol. The summed E-state index contributed by atoms with van der Waals surface area (Å²) in [6.07, 6.45) is -4.49. The molecule has 1 saturated heterocycles. The topological polar surface area (TPSA) is 95.6 Å². The zero-order chi connectivity index (χ0) is 23.9. The molecule has 2 atom stereocenters. The number of benzene rings is 2. The van der Waals surface area contributed by atoms with Gasteiger partial charge in [0, 0.05) is 29.1 Å². The van der Waals surface area contributed by atoms with Crippen LogP contribution in [-0.2, 0) is 16.1 Å². The van der Waals surface area contributed by atoms with E-state index in [-0.39, 0.29) is 41.1 Å². The third kappa shape index (κ3) is 4.56. The molecular formula is C22H17ClF3N3O4. The van der Waals surface area contributed by atoms with Crippen LogP contribution in [0.15, 0.2) is 42.5 Å². The number of imide groups is 1. The van der Waals surface area contributed by atoms with Gasteiger partial charge in [0.25, 0.3) is 11.8 Å². The number of nitrogens with zero attached hydrogens (tertiary/aromatic N) is 1. The predicted molar refractivity (Wildman–Crippen MR) is 110 cm³/mol. The molecule has 2 N–H and O–H groups in total. The number of hydrogen-bond acceptors (Lipinski definition) is 4. The Bertz CT molecular complexity index is 1150. The van der Waals surface area contributed by atoms with E-state index in [1.54, 1.807) is 0 Å². The third-order valence-electron chi connectivity index (χ3n) is 5.59. The molecule has 0 radical (unpaired) electrons. The number of alkyl halides is 3. The lowest BCUT2D eigenvalue weighted by Gasteiger charge is -2.29. The van der Waals surface area contributed by atoms with E-state index < -0.39 is 41.9 Å². The number of hydrogen-bond donors (Lipinski definition) is 2. The Morgan fingerprint density at radius 2 is 1.82 bits per heavy atom. The third-order valence-corrected chi connectivity index (χ3v) is 5.84. The van der Waals surface area contributed by atoms with Crippen LogP contribution in [0.2, 0.25) is 5.02 Å². The molecule has 2 aliphatic heterocycles. The minimum absolute atomic E-state index is 0.00144. The van der Waals surface area contributed by atoms with Crippen molar-refractivity contribution in [2.45, 2.75) is 37.6 Å². The average Bonchev–Trinajstić information content (AvgIpc) is 3.07. The number of nitrogens with one attached hydrogen (secondary N) is 2. The Balaban J connectivity index is 1.54. The molecule has 4 rings (SSSR count). The van der Waals surface area contributed by atoms with Crippen LogP contribution < -0.4 is 10.6 Å². The molecule has 2 aliphatic rings. The summed E-state index contributed by atoms with van der Waals surface area (Å²) < 4.78 is 40.8. The first-order valence-electron chi connectivity index (χ1n) is 9.95. The van der Waals surface area contributed by atoms with Gasteiger partial charge < -0.3 is 10.2 Å². The van der Waals surface area contributed by atoms with E-state index in [2.05, 4.69) is 5.32 Å². The van der Waals surface area contributed by atoms with E-state index in [4.69, 9.17) is 11.6 Å². The summed E-state index contributed by atoms with van der Waals surface area (Å²) in [6, 6.07) is 5.82. The lowest BCUT2D eigenvalue weighted by molar-refractivity contribution is -0.155. The van der Waals surface area contributed by atoms with Crippen LogP contribution in [0.4, 0.5) is 13.2 Å². The van der Waals surface area contributed by atoms with Gasteiger partial charge in [-0.3, -0.25) is 24.5 Å². The molecule has 0 bridgehead atoms. The second-order valence-corrected chi connectivity index (χ2v) is 8.21. The van der Waals surface area contributed by atoms with Gasteiger partial charge in [-0.05, 0) is 47.9 Å². The highest BCUT2D eigenvalue weighted by Crippen LogP contribution is 2.34. The summed E-state index contributed by atoms with van der Waals surface area (Å²) in [6.45, 7) is 0.00144. The molecule has 7 nitrogen and oxygen atoms in total. The van der Waals surface area contributed by atoms with Crippen LogP contribution in [0.1, 0.15) is 50.7 Å². The fourth-order valence-electron chi connectivity index (χ4n) is 3.94. The van der Waals surface area contributed by atoms with E-state index in [1.165, 1.54) is 47.4 Å². The van der Waals surface area contributed by atoms with Crippen molar-refractivity contribution in [3.63, 3.8) is 0 Å². The van der Waals surface area contributed by atoms with Gasteiger partial charge >= 0.3 is 6.18 Å². The standard InChI is InChI=1S/C22H17ClF3N3O4/c23-14-4-1-11(2-5-14)18(22(24,25)26)28-19(31)12-3-6-15-13(9-12)10-29(21(15)33)16-7-8-17(30)27-20(16)32/h1-6,9,16,18H,7-8,10H2,(H,28,31)(H,27,30,32)/t16?,18-/m1/s1. The van der Waals surface area contributed by atoms with Crippen LogP contribution in [0.25, 0.3) is 0 Å². The van der Waals surface area contributed by atoms with Crippen LogP contribution >= 0.6 is 11.6 Å². The average molecular weight is 480 g/mol. The van der Waals surface area contributed by atoms with Gasteiger partial charge in [-0.1, -0.05) is 23.7 Å². The van der Waals surface area contributed by atoms with E-state index in [1.807, 2.05) is 5.32 Å². The quantitative estimate of drug-likeness (QED) is 0.659. The molecule has 1 fully saturated rings. The van der Waals surface area contributed by atoms with Gasteiger partial charge in [0.2, 0.25) is 11.8 Å². The van der Waals surface area contributed by atoms with Gasteiger partial charge in [-0.15, -0.1) is 0 Å². The van der Waals surface area contributed by atoms with E-state index in [9.17, 15) is 32.3 Å². The maximum atomic E-state index is 13.6. The zero-order valence-corrected chi connectivity index (χ0v) is 17.7. The maximum absolute atomic E-state index is 13.6. The normalized spacial score (nSPS) is 19.2. The molecule has 0 spiro atoms. The molecule has 1 unspecified atom stereocenters. The largest absolute Gasteiger partial charge is 0.412 e. The lowest BCUT2D eigenvalue weighted by atomic mass is 10.0. The molecule has 4 amide bonds. The Morgan fingerprint density at radius 3 is 2.45 bits per heavy atom. The van der Waals surface area contributed by atoms with Crippen LogP contribution in [0.3, 0.4) is 0 Å². The van der Waals surface area contributed by atoms with E-state index in [0.29, 0.717) is 5.56 Å².